The molecular weight excluding hydrogens is 278 g/mol. The van der Waals surface area contributed by atoms with E-state index >= 15 is 0 Å². The molecule has 118 valence electrons. The van der Waals surface area contributed by atoms with E-state index < -0.39 is 0 Å². The molecule has 1 fully saturated rings. The van der Waals surface area contributed by atoms with Gasteiger partial charge in [0.1, 0.15) is 5.82 Å². The lowest BCUT2D eigenvalue weighted by atomic mass is 9.97. The van der Waals surface area contributed by atoms with Gasteiger partial charge in [-0.15, -0.1) is 0 Å². The summed E-state index contributed by atoms with van der Waals surface area (Å²) in [5, 5.41) is 0. The van der Waals surface area contributed by atoms with Gasteiger partial charge in [-0.1, -0.05) is 13.8 Å². The van der Waals surface area contributed by atoms with Crippen LogP contribution in [0.3, 0.4) is 0 Å². The van der Waals surface area contributed by atoms with Crippen LogP contribution >= 0.6 is 0 Å². The molecule has 22 heavy (non-hydrogen) atoms. The number of aromatic amines is 1. The SMILES string of the molecule is CC(C)COc1cncc(N2CCCC(c3ncc[nH]3)C2)n1. The maximum absolute atomic E-state index is 5.68. The summed E-state index contributed by atoms with van der Waals surface area (Å²) >= 11 is 0. The Morgan fingerprint density at radius 1 is 1.41 bits per heavy atom. The van der Waals surface area contributed by atoms with Crippen LogP contribution in [0.5, 0.6) is 5.88 Å². The van der Waals surface area contributed by atoms with Gasteiger partial charge in [0.25, 0.3) is 0 Å². The number of rotatable bonds is 5. The van der Waals surface area contributed by atoms with Crippen LogP contribution in [0.25, 0.3) is 0 Å². The molecule has 3 heterocycles. The molecule has 6 heteroatoms. The summed E-state index contributed by atoms with van der Waals surface area (Å²) < 4.78 is 5.68. The number of ether oxygens (including phenoxy) is 1. The van der Waals surface area contributed by atoms with Gasteiger partial charge in [0.05, 0.1) is 19.0 Å². The molecule has 6 nitrogen and oxygen atoms in total. The van der Waals surface area contributed by atoms with Gasteiger partial charge in [0.2, 0.25) is 5.88 Å². The van der Waals surface area contributed by atoms with Crippen molar-refractivity contribution in [2.45, 2.75) is 32.6 Å². The van der Waals surface area contributed by atoms with Crippen molar-refractivity contribution in [3.8, 4) is 5.88 Å². The molecule has 0 aromatic carbocycles. The normalized spacial score (nSPS) is 18.7. The molecule has 2 aromatic rings. The van der Waals surface area contributed by atoms with E-state index in [1.54, 1.807) is 6.20 Å². The van der Waals surface area contributed by atoms with Crippen LogP contribution in [0.1, 0.15) is 38.4 Å². The third kappa shape index (κ3) is 3.55. The van der Waals surface area contributed by atoms with E-state index in [9.17, 15) is 0 Å². The quantitative estimate of drug-likeness (QED) is 0.919. The second-order valence-electron chi connectivity index (χ2n) is 6.18. The van der Waals surface area contributed by atoms with E-state index in [2.05, 4.69) is 38.7 Å². The number of piperidine rings is 1. The molecule has 1 aliphatic heterocycles. The summed E-state index contributed by atoms with van der Waals surface area (Å²) in [6.07, 6.45) is 9.47. The lowest BCUT2D eigenvalue weighted by molar-refractivity contribution is 0.260. The molecule has 0 aliphatic carbocycles. The monoisotopic (exact) mass is 301 g/mol. The summed E-state index contributed by atoms with van der Waals surface area (Å²) in [6.45, 7) is 6.81. The highest BCUT2D eigenvalue weighted by atomic mass is 16.5. The molecule has 1 saturated heterocycles. The van der Waals surface area contributed by atoms with Crippen LogP contribution in [0, 0.1) is 5.92 Å². The minimum absolute atomic E-state index is 0.422. The summed E-state index contributed by atoms with van der Waals surface area (Å²) in [4.78, 5) is 18.8. The van der Waals surface area contributed by atoms with Crippen LogP contribution in [-0.2, 0) is 0 Å². The largest absolute Gasteiger partial charge is 0.476 e. The Morgan fingerprint density at radius 2 is 2.32 bits per heavy atom. The Hall–Kier alpha value is -2.11. The highest BCUT2D eigenvalue weighted by Gasteiger charge is 2.24. The molecule has 0 radical (unpaired) electrons. The van der Waals surface area contributed by atoms with Gasteiger partial charge in [-0.2, -0.15) is 4.98 Å². The molecular formula is C16H23N5O. The second kappa shape index (κ2) is 6.77. The van der Waals surface area contributed by atoms with Crippen molar-refractivity contribution in [1.82, 2.24) is 19.9 Å². The van der Waals surface area contributed by atoms with Gasteiger partial charge in [0.15, 0.2) is 5.82 Å². The van der Waals surface area contributed by atoms with Gasteiger partial charge >= 0.3 is 0 Å². The Bertz CT molecular complexity index is 584. The summed E-state index contributed by atoms with van der Waals surface area (Å²) in [5.74, 6) is 3.45. The maximum Gasteiger partial charge on any atom is 0.234 e. The maximum atomic E-state index is 5.68. The fraction of sp³-hybridized carbons (Fsp3) is 0.562. The van der Waals surface area contributed by atoms with E-state index in [0.29, 0.717) is 24.3 Å². The van der Waals surface area contributed by atoms with Gasteiger partial charge in [-0.3, -0.25) is 4.98 Å². The smallest absolute Gasteiger partial charge is 0.234 e. The number of aromatic nitrogens is 4. The third-order valence-electron chi connectivity index (χ3n) is 3.82. The first-order valence-electron chi connectivity index (χ1n) is 7.91. The molecule has 0 bridgehead atoms. The van der Waals surface area contributed by atoms with Crippen LogP contribution in [-0.4, -0.2) is 39.6 Å². The zero-order chi connectivity index (χ0) is 15.4. The summed E-state index contributed by atoms with van der Waals surface area (Å²) in [7, 11) is 0. The van der Waals surface area contributed by atoms with E-state index in [-0.39, 0.29) is 0 Å². The van der Waals surface area contributed by atoms with Gasteiger partial charge < -0.3 is 14.6 Å². The van der Waals surface area contributed by atoms with Crippen molar-refractivity contribution in [2.24, 2.45) is 5.92 Å². The van der Waals surface area contributed by atoms with Crippen molar-refractivity contribution in [3.63, 3.8) is 0 Å². The average molecular weight is 301 g/mol. The molecule has 0 saturated carbocycles. The Balaban J connectivity index is 1.69. The second-order valence-corrected chi connectivity index (χ2v) is 6.18. The zero-order valence-corrected chi connectivity index (χ0v) is 13.2. The molecule has 1 atom stereocenters. The predicted molar refractivity (Wildman–Crippen MR) is 85.1 cm³/mol. The zero-order valence-electron chi connectivity index (χ0n) is 13.2. The lowest BCUT2D eigenvalue weighted by Gasteiger charge is -2.32. The first kappa shape index (κ1) is 14.8. The first-order valence-corrected chi connectivity index (χ1v) is 7.91. The van der Waals surface area contributed by atoms with Gasteiger partial charge in [-0.25, -0.2) is 4.98 Å². The topological polar surface area (TPSA) is 66.9 Å². The van der Waals surface area contributed by atoms with Crippen molar-refractivity contribution in [2.75, 3.05) is 24.6 Å². The number of H-pyrrole nitrogens is 1. The van der Waals surface area contributed by atoms with Crippen molar-refractivity contribution < 1.29 is 4.74 Å². The van der Waals surface area contributed by atoms with Gasteiger partial charge in [0, 0.05) is 31.4 Å². The van der Waals surface area contributed by atoms with Gasteiger partial charge in [-0.05, 0) is 18.8 Å². The van der Waals surface area contributed by atoms with Crippen LogP contribution < -0.4 is 9.64 Å². The molecule has 0 amide bonds. The number of imidazole rings is 1. The minimum atomic E-state index is 0.422. The number of hydrogen-bond donors (Lipinski definition) is 1. The fourth-order valence-electron chi connectivity index (χ4n) is 2.72. The Morgan fingerprint density at radius 3 is 3.09 bits per heavy atom. The van der Waals surface area contributed by atoms with Crippen molar-refractivity contribution in [1.29, 1.82) is 0 Å². The number of hydrogen-bond acceptors (Lipinski definition) is 5. The Kier molecular flexibility index (Phi) is 4.56. The number of anilines is 1. The summed E-state index contributed by atoms with van der Waals surface area (Å²) in [6, 6.07) is 0. The standard InChI is InChI=1S/C16H23N5O/c1-12(2)11-22-15-9-17-8-14(20-15)21-7-3-4-13(10-21)16-18-5-6-19-16/h5-6,8-9,12-13H,3-4,7,10-11H2,1-2H3,(H,18,19). The average Bonchev–Trinajstić information content (AvgIpc) is 3.08. The highest BCUT2D eigenvalue weighted by Crippen LogP contribution is 2.27. The fourth-order valence-corrected chi connectivity index (χ4v) is 2.72. The molecule has 2 aromatic heterocycles. The highest BCUT2D eigenvalue weighted by molar-refractivity contribution is 5.39. The van der Waals surface area contributed by atoms with Crippen molar-refractivity contribution >= 4 is 5.82 Å². The molecule has 1 N–H and O–H groups in total. The molecule has 3 rings (SSSR count). The lowest BCUT2D eigenvalue weighted by Crippen LogP contribution is -2.35. The van der Waals surface area contributed by atoms with Crippen LogP contribution in [0.4, 0.5) is 5.82 Å². The van der Waals surface area contributed by atoms with E-state index in [0.717, 1.165) is 37.6 Å². The first-order chi connectivity index (χ1) is 10.7. The van der Waals surface area contributed by atoms with E-state index in [4.69, 9.17) is 4.74 Å². The van der Waals surface area contributed by atoms with E-state index in [1.807, 2.05) is 18.6 Å². The third-order valence-corrected chi connectivity index (χ3v) is 3.82. The molecule has 0 spiro atoms. The van der Waals surface area contributed by atoms with Crippen molar-refractivity contribution in [3.05, 3.63) is 30.6 Å². The number of nitrogens with one attached hydrogen (secondary N) is 1. The summed E-state index contributed by atoms with van der Waals surface area (Å²) in [5.41, 5.74) is 0. The molecule has 1 unspecified atom stereocenters. The molecule has 1 aliphatic rings. The predicted octanol–water partition coefficient (Wildman–Crippen LogP) is 2.62. The minimum Gasteiger partial charge on any atom is -0.476 e. The number of nitrogens with zero attached hydrogens (tertiary/aromatic N) is 4. The van der Waals surface area contributed by atoms with E-state index in [1.165, 1.54) is 0 Å². The van der Waals surface area contributed by atoms with Crippen LogP contribution in [0.2, 0.25) is 0 Å². The Labute approximate surface area is 131 Å². The van der Waals surface area contributed by atoms with Crippen LogP contribution in [0.15, 0.2) is 24.8 Å².